The molecule has 5 heteroatoms. The quantitative estimate of drug-likeness (QED) is 0.905. The maximum atomic E-state index is 13.8. The van der Waals surface area contributed by atoms with Crippen molar-refractivity contribution >= 4 is 17.4 Å². The van der Waals surface area contributed by atoms with Crippen LogP contribution in [0.5, 0.6) is 0 Å². The fourth-order valence-corrected chi connectivity index (χ4v) is 2.04. The molecule has 0 aliphatic heterocycles. The van der Waals surface area contributed by atoms with Gasteiger partial charge in [-0.3, -0.25) is 4.68 Å². The van der Waals surface area contributed by atoms with Gasteiger partial charge in [-0.25, -0.2) is 4.39 Å². The third-order valence-corrected chi connectivity index (χ3v) is 3.24. The lowest BCUT2D eigenvalue weighted by Gasteiger charge is -2.16. The highest BCUT2D eigenvalue weighted by Gasteiger charge is 2.20. The van der Waals surface area contributed by atoms with Crippen LogP contribution in [0.2, 0.25) is 5.02 Å². The highest BCUT2D eigenvalue weighted by molar-refractivity contribution is 6.33. The van der Waals surface area contributed by atoms with E-state index in [0.717, 1.165) is 11.1 Å². The molecule has 0 aliphatic carbocycles. The van der Waals surface area contributed by atoms with Gasteiger partial charge in [0.25, 0.3) is 0 Å². The molecule has 96 valence electrons. The average molecular weight is 268 g/mol. The van der Waals surface area contributed by atoms with Gasteiger partial charge in [0.15, 0.2) is 0 Å². The number of nitrogen functional groups attached to an aromatic ring is 1. The van der Waals surface area contributed by atoms with E-state index in [4.69, 9.17) is 17.3 Å². The van der Waals surface area contributed by atoms with Crippen LogP contribution in [0.1, 0.15) is 19.4 Å². The van der Waals surface area contributed by atoms with Crippen LogP contribution < -0.4 is 5.73 Å². The first-order valence-electron chi connectivity index (χ1n) is 5.57. The van der Waals surface area contributed by atoms with Crippen LogP contribution in [0.15, 0.2) is 24.4 Å². The second-order valence-electron chi connectivity index (χ2n) is 4.73. The van der Waals surface area contributed by atoms with Gasteiger partial charge in [-0.1, -0.05) is 23.7 Å². The first kappa shape index (κ1) is 12.9. The van der Waals surface area contributed by atoms with Crippen LogP contribution in [0.3, 0.4) is 0 Å². The van der Waals surface area contributed by atoms with Crippen molar-refractivity contribution in [3.63, 3.8) is 0 Å². The largest absolute Gasteiger partial charge is 0.383 e. The summed E-state index contributed by atoms with van der Waals surface area (Å²) >= 11 is 6.19. The summed E-state index contributed by atoms with van der Waals surface area (Å²) in [7, 11) is 1.76. The number of benzene rings is 1. The Morgan fingerprint density at radius 2 is 2.00 bits per heavy atom. The number of nitrogens with two attached hydrogens (primary N) is 1. The number of hydrogen-bond acceptors (Lipinski definition) is 2. The summed E-state index contributed by atoms with van der Waals surface area (Å²) in [6, 6.07) is 5.11. The molecule has 0 unspecified atom stereocenters. The van der Waals surface area contributed by atoms with Gasteiger partial charge in [0, 0.05) is 23.2 Å². The van der Waals surface area contributed by atoms with E-state index >= 15 is 0 Å². The molecule has 0 atom stereocenters. The second kappa shape index (κ2) is 4.28. The summed E-state index contributed by atoms with van der Waals surface area (Å²) in [5.41, 5.74) is 6.54. The van der Waals surface area contributed by atoms with Crippen molar-refractivity contribution in [1.82, 2.24) is 9.78 Å². The predicted octanol–water partition coefficient (Wildman–Crippen LogP) is 3.53. The van der Waals surface area contributed by atoms with Gasteiger partial charge in [0.1, 0.15) is 11.5 Å². The van der Waals surface area contributed by atoms with Crippen LogP contribution in [0.25, 0.3) is 11.1 Å². The number of hydrogen-bond donors (Lipinski definition) is 1. The molecule has 2 N–H and O–H groups in total. The molecule has 0 saturated heterocycles. The molecule has 0 saturated carbocycles. The van der Waals surface area contributed by atoms with Gasteiger partial charge < -0.3 is 5.73 Å². The number of alkyl halides is 1. The molecule has 0 spiro atoms. The van der Waals surface area contributed by atoms with Gasteiger partial charge in [0.2, 0.25) is 0 Å². The molecule has 0 amide bonds. The van der Waals surface area contributed by atoms with Crippen molar-refractivity contribution in [1.29, 1.82) is 0 Å². The smallest absolute Gasteiger partial charge is 0.130 e. The van der Waals surface area contributed by atoms with Gasteiger partial charge in [-0.2, -0.15) is 5.10 Å². The Morgan fingerprint density at radius 1 is 1.33 bits per heavy atom. The maximum Gasteiger partial charge on any atom is 0.130 e. The number of nitrogens with zero attached hydrogens (tertiary/aromatic N) is 2. The standard InChI is InChI=1S/C13H15ClFN3/c1-13(2,15)8-4-5-9(11(14)6-8)10-7-17-18(3)12(10)16/h4-7H,16H2,1-3H3. The molecule has 1 aromatic carbocycles. The van der Waals surface area contributed by atoms with Gasteiger partial charge in [-0.15, -0.1) is 0 Å². The number of halogens is 2. The van der Waals surface area contributed by atoms with E-state index in [1.807, 2.05) is 0 Å². The van der Waals surface area contributed by atoms with Gasteiger partial charge >= 0.3 is 0 Å². The Balaban J connectivity index is 2.52. The van der Waals surface area contributed by atoms with Crippen LogP contribution in [-0.4, -0.2) is 9.78 Å². The fraction of sp³-hybridized carbons (Fsp3) is 0.308. The summed E-state index contributed by atoms with van der Waals surface area (Å²) in [6.07, 6.45) is 1.65. The fourth-order valence-electron chi connectivity index (χ4n) is 1.76. The van der Waals surface area contributed by atoms with Crippen molar-refractivity contribution in [3.05, 3.63) is 35.0 Å². The normalized spacial score (nSPS) is 11.8. The molecule has 0 fully saturated rings. The number of aromatic nitrogens is 2. The zero-order valence-corrected chi connectivity index (χ0v) is 11.3. The molecular weight excluding hydrogens is 253 g/mol. The number of anilines is 1. The molecule has 0 radical (unpaired) electrons. The lowest BCUT2D eigenvalue weighted by atomic mass is 9.97. The summed E-state index contributed by atoms with van der Waals surface area (Å²) < 4.78 is 15.4. The Bertz CT molecular complexity index is 584. The van der Waals surface area contributed by atoms with Crippen molar-refractivity contribution < 1.29 is 4.39 Å². The predicted molar refractivity (Wildman–Crippen MR) is 72.2 cm³/mol. The highest BCUT2D eigenvalue weighted by Crippen LogP contribution is 2.35. The van der Waals surface area contributed by atoms with Gasteiger partial charge in [-0.05, 0) is 25.5 Å². The Kier molecular flexibility index (Phi) is 3.07. The topological polar surface area (TPSA) is 43.8 Å². The molecule has 2 rings (SSSR count). The van der Waals surface area contributed by atoms with E-state index in [-0.39, 0.29) is 0 Å². The molecule has 18 heavy (non-hydrogen) atoms. The zero-order valence-electron chi connectivity index (χ0n) is 10.5. The summed E-state index contributed by atoms with van der Waals surface area (Å²) in [4.78, 5) is 0. The molecule has 0 aliphatic rings. The van der Waals surface area contributed by atoms with Crippen LogP contribution in [0, 0.1) is 0 Å². The minimum Gasteiger partial charge on any atom is -0.383 e. The molecule has 1 aromatic heterocycles. The van der Waals surface area contributed by atoms with E-state index in [9.17, 15) is 4.39 Å². The number of aryl methyl sites for hydroxylation is 1. The summed E-state index contributed by atoms with van der Waals surface area (Å²) in [5.74, 6) is 0.532. The minimum atomic E-state index is -1.41. The van der Waals surface area contributed by atoms with E-state index in [0.29, 0.717) is 16.4 Å². The molecule has 3 nitrogen and oxygen atoms in total. The lowest BCUT2D eigenvalue weighted by molar-refractivity contribution is 0.221. The van der Waals surface area contributed by atoms with Crippen molar-refractivity contribution in [3.8, 4) is 11.1 Å². The zero-order chi connectivity index (χ0) is 13.5. The summed E-state index contributed by atoms with van der Waals surface area (Å²) in [6.45, 7) is 2.99. The lowest BCUT2D eigenvalue weighted by Crippen LogP contribution is -2.08. The van der Waals surface area contributed by atoms with Crippen LogP contribution in [0.4, 0.5) is 10.2 Å². The summed E-state index contributed by atoms with van der Waals surface area (Å²) in [5, 5.41) is 4.53. The van der Waals surface area contributed by atoms with E-state index < -0.39 is 5.67 Å². The Hall–Kier alpha value is -1.55. The minimum absolute atomic E-state index is 0.470. The number of rotatable bonds is 2. The average Bonchev–Trinajstić information content (AvgIpc) is 2.59. The SMILES string of the molecule is Cn1ncc(-c2ccc(C(C)(C)F)cc2Cl)c1N. The van der Waals surface area contributed by atoms with Crippen molar-refractivity contribution in [2.45, 2.75) is 19.5 Å². The molecule has 1 heterocycles. The van der Waals surface area contributed by atoms with Crippen LogP contribution >= 0.6 is 11.6 Å². The Labute approximate surface area is 110 Å². The van der Waals surface area contributed by atoms with Crippen molar-refractivity contribution in [2.24, 2.45) is 7.05 Å². The van der Waals surface area contributed by atoms with E-state index in [1.54, 1.807) is 36.1 Å². The third kappa shape index (κ3) is 2.20. The second-order valence-corrected chi connectivity index (χ2v) is 5.14. The van der Waals surface area contributed by atoms with E-state index in [1.165, 1.54) is 13.8 Å². The Morgan fingerprint density at radius 3 is 2.44 bits per heavy atom. The van der Waals surface area contributed by atoms with Crippen molar-refractivity contribution in [2.75, 3.05) is 5.73 Å². The van der Waals surface area contributed by atoms with Gasteiger partial charge in [0.05, 0.1) is 6.20 Å². The van der Waals surface area contributed by atoms with E-state index in [2.05, 4.69) is 5.10 Å². The van der Waals surface area contributed by atoms with Crippen LogP contribution in [-0.2, 0) is 12.7 Å². The highest BCUT2D eigenvalue weighted by atomic mass is 35.5. The molecule has 2 aromatic rings. The molecular formula is C13H15ClFN3. The molecule has 0 bridgehead atoms. The monoisotopic (exact) mass is 267 g/mol. The first-order valence-corrected chi connectivity index (χ1v) is 5.95. The maximum absolute atomic E-state index is 13.8. The third-order valence-electron chi connectivity index (χ3n) is 2.93. The first-order chi connectivity index (χ1) is 8.30.